The van der Waals surface area contributed by atoms with Gasteiger partial charge in [0, 0.05) is 0 Å². The number of benzene rings is 2. The average Bonchev–Trinajstić information content (AvgIpc) is 2.28. The van der Waals surface area contributed by atoms with E-state index in [9.17, 15) is 0 Å². The number of anilines is 2. The maximum Gasteiger partial charge on any atom is 0.0583 e. The first-order chi connectivity index (χ1) is 7.66. The van der Waals surface area contributed by atoms with Gasteiger partial charge in [-0.2, -0.15) is 0 Å². The van der Waals surface area contributed by atoms with Gasteiger partial charge >= 0.3 is 0 Å². The summed E-state index contributed by atoms with van der Waals surface area (Å²) >= 11 is 0. The van der Waals surface area contributed by atoms with Gasteiger partial charge in [0.25, 0.3) is 0 Å². The standard InChI is InChI=1S/C14H16N2/c1-10-5-7-11(8-6-10)9-12-3-2-4-13(15)14(12)16/h2-8H,9,15-16H2,1H3. The van der Waals surface area contributed by atoms with Gasteiger partial charge in [-0.3, -0.25) is 0 Å². The highest BCUT2D eigenvalue weighted by Crippen LogP contribution is 2.22. The zero-order valence-electron chi connectivity index (χ0n) is 9.40. The van der Waals surface area contributed by atoms with Crippen molar-refractivity contribution >= 4 is 11.4 Å². The van der Waals surface area contributed by atoms with Gasteiger partial charge in [-0.05, 0) is 30.5 Å². The molecule has 82 valence electrons. The van der Waals surface area contributed by atoms with Crippen LogP contribution in [0, 0.1) is 6.92 Å². The van der Waals surface area contributed by atoms with E-state index in [0.29, 0.717) is 11.4 Å². The molecule has 0 aliphatic rings. The molecule has 0 radical (unpaired) electrons. The molecule has 0 heterocycles. The molecule has 0 saturated carbocycles. The zero-order valence-corrected chi connectivity index (χ0v) is 9.40. The molecule has 2 nitrogen and oxygen atoms in total. The van der Waals surface area contributed by atoms with E-state index in [1.165, 1.54) is 11.1 Å². The van der Waals surface area contributed by atoms with Crippen molar-refractivity contribution < 1.29 is 0 Å². The monoisotopic (exact) mass is 212 g/mol. The number of nitrogen functional groups attached to an aromatic ring is 2. The van der Waals surface area contributed by atoms with E-state index >= 15 is 0 Å². The summed E-state index contributed by atoms with van der Waals surface area (Å²) in [6.45, 7) is 2.08. The normalized spacial score (nSPS) is 10.3. The summed E-state index contributed by atoms with van der Waals surface area (Å²) in [4.78, 5) is 0. The van der Waals surface area contributed by atoms with Crippen molar-refractivity contribution in [3.63, 3.8) is 0 Å². The first-order valence-electron chi connectivity index (χ1n) is 5.35. The second-order valence-electron chi connectivity index (χ2n) is 4.08. The molecule has 0 bridgehead atoms. The van der Waals surface area contributed by atoms with Gasteiger partial charge in [0.1, 0.15) is 0 Å². The maximum atomic E-state index is 5.94. The predicted molar refractivity (Wildman–Crippen MR) is 69.3 cm³/mol. The van der Waals surface area contributed by atoms with Gasteiger partial charge in [-0.1, -0.05) is 42.0 Å². The van der Waals surface area contributed by atoms with Crippen LogP contribution in [0.5, 0.6) is 0 Å². The molecule has 0 amide bonds. The fraction of sp³-hybridized carbons (Fsp3) is 0.143. The van der Waals surface area contributed by atoms with E-state index in [2.05, 4.69) is 31.2 Å². The van der Waals surface area contributed by atoms with E-state index < -0.39 is 0 Å². The van der Waals surface area contributed by atoms with E-state index in [4.69, 9.17) is 11.5 Å². The molecular weight excluding hydrogens is 196 g/mol. The van der Waals surface area contributed by atoms with Crippen LogP contribution in [0.2, 0.25) is 0 Å². The second-order valence-corrected chi connectivity index (χ2v) is 4.08. The lowest BCUT2D eigenvalue weighted by atomic mass is 10.0. The third-order valence-corrected chi connectivity index (χ3v) is 2.75. The molecule has 0 atom stereocenters. The van der Waals surface area contributed by atoms with Crippen LogP contribution in [0.4, 0.5) is 11.4 Å². The number of hydrogen-bond acceptors (Lipinski definition) is 2. The van der Waals surface area contributed by atoms with Crippen molar-refractivity contribution in [2.75, 3.05) is 11.5 Å². The largest absolute Gasteiger partial charge is 0.397 e. The summed E-state index contributed by atoms with van der Waals surface area (Å²) in [6.07, 6.45) is 0.831. The van der Waals surface area contributed by atoms with Gasteiger partial charge in [-0.25, -0.2) is 0 Å². The Bertz CT molecular complexity index is 487. The minimum Gasteiger partial charge on any atom is -0.397 e. The first kappa shape index (κ1) is 10.6. The summed E-state index contributed by atoms with van der Waals surface area (Å²) in [5, 5.41) is 0. The van der Waals surface area contributed by atoms with Gasteiger partial charge in [-0.15, -0.1) is 0 Å². The Hall–Kier alpha value is -1.96. The molecule has 0 aromatic heterocycles. The summed E-state index contributed by atoms with van der Waals surface area (Å²) in [6, 6.07) is 14.3. The van der Waals surface area contributed by atoms with Crippen LogP contribution < -0.4 is 11.5 Å². The van der Waals surface area contributed by atoms with Crippen molar-refractivity contribution in [3.8, 4) is 0 Å². The topological polar surface area (TPSA) is 52.0 Å². The van der Waals surface area contributed by atoms with Crippen LogP contribution >= 0.6 is 0 Å². The molecule has 0 aliphatic heterocycles. The van der Waals surface area contributed by atoms with Gasteiger partial charge in [0.15, 0.2) is 0 Å². The van der Waals surface area contributed by atoms with E-state index in [1.807, 2.05) is 18.2 Å². The highest BCUT2D eigenvalue weighted by molar-refractivity contribution is 5.67. The second kappa shape index (κ2) is 4.27. The Kier molecular flexibility index (Phi) is 2.82. The zero-order chi connectivity index (χ0) is 11.5. The molecule has 0 spiro atoms. The van der Waals surface area contributed by atoms with Crippen molar-refractivity contribution in [3.05, 3.63) is 59.2 Å². The van der Waals surface area contributed by atoms with Crippen LogP contribution in [0.25, 0.3) is 0 Å². The fourth-order valence-electron chi connectivity index (χ4n) is 1.71. The Labute approximate surface area is 95.9 Å². The van der Waals surface area contributed by atoms with E-state index in [0.717, 1.165) is 12.0 Å². The minimum absolute atomic E-state index is 0.657. The SMILES string of the molecule is Cc1ccc(Cc2cccc(N)c2N)cc1. The van der Waals surface area contributed by atoms with Crippen molar-refractivity contribution in [1.82, 2.24) is 0 Å². The van der Waals surface area contributed by atoms with E-state index in [-0.39, 0.29) is 0 Å². The third-order valence-electron chi connectivity index (χ3n) is 2.75. The molecule has 4 N–H and O–H groups in total. The highest BCUT2D eigenvalue weighted by Gasteiger charge is 2.02. The molecular formula is C14H16N2. The fourth-order valence-corrected chi connectivity index (χ4v) is 1.71. The third kappa shape index (κ3) is 2.16. The molecule has 2 aromatic rings. The van der Waals surface area contributed by atoms with Crippen molar-refractivity contribution in [1.29, 1.82) is 0 Å². The Balaban J connectivity index is 2.27. The van der Waals surface area contributed by atoms with Crippen molar-refractivity contribution in [2.24, 2.45) is 0 Å². The quantitative estimate of drug-likeness (QED) is 0.752. The lowest BCUT2D eigenvalue weighted by molar-refractivity contribution is 1.19. The summed E-state index contributed by atoms with van der Waals surface area (Å²) in [7, 11) is 0. The van der Waals surface area contributed by atoms with Crippen LogP contribution in [0.15, 0.2) is 42.5 Å². The molecule has 2 heteroatoms. The molecule has 16 heavy (non-hydrogen) atoms. The van der Waals surface area contributed by atoms with Gasteiger partial charge < -0.3 is 11.5 Å². The summed E-state index contributed by atoms with van der Waals surface area (Å²) < 4.78 is 0. The summed E-state index contributed by atoms with van der Waals surface area (Å²) in [5.41, 5.74) is 16.7. The number of para-hydroxylation sites is 1. The number of aryl methyl sites for hydroxylation is 1. The Morgan fingerprint density at radius 1 is 0.938 bits per heavy atom. The van der Waals surface area contributed by atoms with Gasteiger partial charge in [0.05, 0.1) is 11.4 Å². The minimum atomic E-state index is 0.657. The molecule has 2 aromatic carbocycles. The smallest absolute Gasteiger partial charge is 0.0583 e. The molecule has 0 unspecified atom stereocenters. The lowest BCUT2D eigenvalue weighted by Crippen LogP contribution is -2.00. The lowest BCUT2D eigenvalue weighted by Gasteiger charge is -2.08. The summed E-state index contributed by atoms with van der Waals surface area (Å²) in [5.74, 6) is 0. The Morgan fingerprint density at radius 2 is 1.62 bits per heavy atom. The first-order valence-corrected chi connectivity index (χ1v) is 5.35. The highest BCUT2D eigenvalue weighted by atomic mass is 14.7. The van der Waals surface area contributed by atoms with Crippen LogP contribution in [-0.2, 0) is 6.42 Å². The van der Waals surface area contributed by atoms with Gasteiger partial charge in [0.2, 0.25) is 0 Å². The predicted octanol–water partition coefficient (Wildman–Crippen LogP) is 2.75. The molecule has 0 aliphatic carbocycles. The number of rotatable bonds is 2. The molecule has 0 saturated heterocycles. The maximum absolute atomic E-state index is 5.94. The van der Waals surface area contributed by atoms with Crippen molar-refractivity contribution in [2.45, 2.75) is 13.3 Å². The number of nitrogens with two attached hydrogens (primary N) is 2. The van der Waals surface area contributed by atoms with Crippen LogP contribution in [-0.4, -0.2) is 0 Å². The van der Waals surface area contributed by atoms with Crippen LogP contribution in [0.3, 0.4) is 0 Å². The Morgan fingerprint density at radius 3 is 2.31 bits per heavy atom. The van der Waals surface area contributed by atoms with E-state index in [1.54, 1.807) is 0 Å². The van der Waals surface area contributed by atoms with Crippen LogP contribution in [0.1, 0.15) is 16.7 Å². The molecule has 0 fully saturated rings. The molecule has 2 rings (SSSR count). The average molecular weight is 212 g/mol. The number of hydrogen-bond donors (Lipinski definition) is 2.